The van der Waals surface area contributed by atoms with Crippen LogP contribution in [-0.2, 0) is 52.7 Å². The van der Waals surface area contributed by atoms with Crippen LogP contribution in [0.5, 0.6) is 0 Å². The number of hydrogen-bond acceptors (Lipinski definition) is 14. The van der Waals surface area contributed by atoms with Crippen molar-refractivity contribution in [1.29, 1.82) is 0 Å². The first kappa shape index (κ1) is 54.1. The fourth-order valence-corrected chi connectivity index (χ4v) is 6.10. The fourth-order valence-electron chi connectivity index (χ4n) is 6.10. The van der Waals surface area contributed by atoms with E-state index in [0.29, 0.717) is 38.6 Å². The van der Waals surface area contributed by atoms with Crippen LogP contribution in [0.25, 0.3) is 0 Å². The van der Waals surface area contributed by atoms with E-state index < -0.39 is 133 Å². The summed E-state index contributed by atoms with van der Waals surface area (Å²) in [6.07, 6.45) is 1.29. The Labute approximate surface area is 358 Å². The predicted octanol–water partition coefficient (Wildman–Crippen LogP) is -6.24. The van der Waals surface area contributed by atoms with Gasteiger partial charge in [0, 0.05) is 19.4 Å². The lowest BCUT2D eigenvalue weighted by Crippen LogP contribution is -2.60. The van der Waals surface area contributed by atoms with Gasteiger partial charge in [-0.1, -0.05) is 26.7 Å². The highest BCUT2D eigenvalue weighted by Gasteiger charge is 2.37. The predicted molar refractivity (Wildman–Crippen MR) is 218 cm³/mol. The molecule has 0 aromatic carbocycles. The number of amides is 10. The molecule has 25 nitrogen and oxygen atoms in total. The van der Waals surface area contributed by atoms with E-state index in [0.717, 1.165) is 0 Å². The number of rotatable bonds is 29. The Kier molecular flexibility index (Phi) is 24.2. The van der Waals surface area contributed by atoms with Crippen LogP contribution >= 0.6 is 0 Å². The third kappa shape index (κ3) is 19.2. The van der Waals surface area contributed by atoms with Crippen LogP contribution in [0.4, 0.5) is 0 Å². The molecule has 8 atom stereocenters. The van der Waals surface area contributed by atoms with Gasteiger partial charge in [-0.15, -0.1) is 0 Å². The van der Waals surface area contributed by atoms with Gasteiger partial charge in [0.25, 0.3) is 0 Å². The second-order valence-electron chi connectivity index (χ2n) is 14.9. The summed E-state index contributed by atoms with van der Waals surface area (Å²) in [5, 5.41) is 35.9. The Balaban J connectivity index is 2.97. The van der Waals surface area contributed by atoms with Gasteiger partial charge >= 0.3 is 5.97 Å². The van der Waals surface area contributed by atoms with Crippen LogP contribution in [0.1, 0.15) is 85.0 Å². The first-order chi connectivity index (χ1) is 29.2. The molecular weight excluding hydrogens is 820 g/mol. The molecule has 0 saturated carbocycles. The van der Waals surface area contributed by atoms with Crippen molar-refractivity contribution in [3.05, 3.63) is 0 Å². The highest BCUT2D eigenvalue weighted by atomic mass is 16.4. The maximum absolute atomic E-state index is 13.5. The van der Waals surface area contributed by atoms with Crippen molar-refractivity contribution in [2.45, 2.75) is 127 Å². The largest absolute Gasteiger partial charge is 0.480 e. The molecule has 0 aromatic heterocycles. The SMILES string of the molecule is CC[C@H](C)[C@H](NC(=O)[C@H](CO)NC(=O)[C@H](CCC(N)=O)NC(=O)[C@@H]1CCCN1C(=O)CNC(=O)[C@@H](N)CCCCN)C(=O)N[C@@H](C)C(=O)NCC(=O)N[C@@H](CCC(N)=O)C(=O)O. The Morgan fingerprint density at radius 3 is 1.87 bits per heavy atom. The molecule has 0 unspecified atom stereocenters. The minimum atomic E-state index is -1.69. The zero-order valence-electron chi connectivity index (χ0n) is 35.4. The van der Waals surface area contributed by atoms with Crippen LogP contribution in [0.15, 0.2) is 0 Å². The highest BCUT2D eigenvalue weighted by Crippen LogP contribution is 2.18. The van der Waals surface area contributed by atoms with Gasteiger partial charge in [-0.05, 0) is 57.9 Å². The number of aliphatic hydroxyl groups is 1. The van der Waals surface area contributed by atoms with Gasteiger partial charge in [-0.25, -0.2) is 4.79 Å². The summed E-state index contributed by atoms with van der Waals surface area (Å²) in [7, 11) is 0. The number of carboxylic acid groups (broad SMARTS) is 1. The van der Waals surface area contributed by atoms with E-state index in [9.17, 15) is 63.0 Å². The van der Waals surface area contributed by atoms with E-state index in [2.05, 4.69) is 37.2 Å². The number of nitrogens with zero attached hydrogens (tertiary/aromatic N) is 1. The number of likely N-dealkylation sites (tertiary alicyclic amines) is 1. The third-order valence-electron chi connectivity index (χ3n) is 10.0. The van der Waals surface area contributed by atoms with Gasteiger partial charge in [0.15, 0.2) is 0 Å². The lowest BCUT2D eigenvalue weighted by molar-refractivity contribution is -0.142. The molecule has 10 amide bonds. The third-order valence-corrected chi connectivity index (χ3v) is 10.0. The summed E-state index contributed by atoms with van der Waals surface area (Å²) in [5.74, 6) is -10.2. The summed E-state index contributed by atoms with van der Waals surface area (Å²) in [6, 6.07) is -9.16. The summed E-state index contributed by atoms with van der Waals surface area (Å²) >= 11 is 0. The second kappa shape index (κ2) is 27.8. The summed E-state index contributed by atoms with van der Waals surface area (Å²) in [4.78, 5) is 139. The van der Waals surface area contributed by atoms with Crippen molar-refractivity contribution in [3.63, 3.8) is 0 Å². The Bertz CT molecular complexity index is 1620. The molecule has 1 fully saturated rings. The summed E-state index contributed by atoms with van der Waals surface area (Å²) in [5.41, 5.74) is 21.7. The van der Waals surface area contributed by atoms with Gasteiger partial charge in [0.05, 0.1) is 25.7 Å². The van der Waals surface area contributed by atoms with E-state index in [1.165, 1.54) is 11.8 Å². The van der Waals surface area contributed by atoms with Gasteiger partial charge in [0.2, 0.25) is 59.1 Å². The van der Waals surface area contributed by atoms with Crippen molar-refractivity contribution in [3.8, 4) is 0 Å². The molecular formula is C37H64N12O13. The zero-order valence-corrected chi connectivity index (χ0v) is 35.4. The first-order valence-corrected chi connectivity index (χ1v) is 20.4. The maximum Gasteiger partial charge on any atom is 0.326 e. The van der Waals surface area contributed by atoms with E-state index >= 15 is 0 Å². The molecule has 25 heteroatoms. The average molecular weight is 885 g/mol. The van der Waals surface area contributed by atoms with Gasteiger partial charge in [0.1, 0.15) is 36.3 Å². The first-order valence-electron chi connectivity index (χ1n) is 20.4. The molecule has 1 heterocycles. The quantitative estimate of drug-likeness (QED) is 0.0311. The van der Waals surface area contributed by atoms with E-state index in [4.69, 9.17) is 22.9 Å². The van der Waals surface area contributed by atoms with Crippen molar-refractivity contribution in [2.24, 2.45) is 28.9 Å². The molecule has 17 N–H and O–H groups in total. The van der Waals surface area contributed by atoms with Crippen LogP contribution in [-0.4, -0.2) is 155 Å². The van der Waals surface area contributed by atoms with Crippen molar-refractivity contribution in [1.82, 2.24) is 42.1 Å². The number of nitrogens with one attached hydrogen (secondary N) is 7. The van der Waals surface area contributed by atoms with E-state index in [-0.39, 0.29) is 38.6 Å². The fraction of sp³-hybridized carbons (Fsp3) is 0.703. The smallest absolute Gasteiger partial charge is 0.326 e. The lowest BCUT2D eigenvalue weighted by Gasteiger charge is -2.29. The molecule has 0 aromatic rings. The zero-order chi connectivity index (χ0) is 47.1. The standard InChI is InChI=1S/C37H64N12O13/c1-4-19(2)30(36(60)44-20(3)31(55)42-16-28(53)45-23(37(61)62)11-13-27(41)52)48-34(58)24(18-50)47-33(57)22(10-12-26(40)51)46-35(59)25-9-7-15-49(25)29(54)17-43-32(56)21(39)8-5-6-14-38/h19-25,30,50H,4-18,38-39H2,1-3H3,(H2,40,51)(H2,41,52)(H,42,55)(H,43,56)(H,44,60)(H,45,53)(H,46,59)(H,47,57)(H,48,58)(H,61,62)/t19-,20-,21-,22-,23-,24-,25-,30-/m0/s1. The van der Waals surface area contributed by atoms with Crippen LogP contribution < -0.4 is 60.2 Å². The molecule has 0 radical (unpaired) electrons. The van der Waals surface area contributed by atoms with Crippen molar-refractivity contribution < 1.29 is 63.0 Å². The second-order valence-corrected chi connectivity index (χ2v) is 14.9. The number of aliphatic hydroxyl groups excluding tert-OH is 1. The molecule has 350 valence electrons. The van der Waals surface area contributed by atoms with Crippen LogP contribution in [0, 0.1) is 5.92 Å². The maximum atomic E-state index is 13.5. The number of carbonyl (C=O) groups is 11. The number of hydrogen-bond donors (Lipinski definition) is 13. The van der Waals surface area contributed by atoms with Crippen LogP contribution in [0.2, 0.25) is 0 Å². The van der Waals surface area contributed by atoms with Crippen LogP contribution in [0.3, 0.4) is 0 Å². The Morgan fingerprint density at radius 2 is 1.31 bits per heavy atom. The summed E-state index contributed by atoms with van der Waals surface area (Å²) in [6.45, 7) is 3.07. The molecule has 1 aliphatic heterocycles. The van der Waals surface area contributed by atoms with Gasteiger partial charge < -0.3 is 75.3 Å². The molecule has 0 aliphatic carbocycles. The minimum absolute atomic E-state index is 0.168. The molecule has 0 bridgehead atoms. The molecule has 0 spiro atoms. The number of aliphatic carboxylic acids is 1. The van der Waals surface area contributed by atoms with Gasteiger partial charge in [-0.3, -0.25) is 47.9 Å². The number of primary amides is 2. The molecule has 1 aliphatic rings. The minimum Gasteiger partial charge on any atom is -0.480 e. The van der Waals surface area contributed by atoms with E-state index in [1.54, 1.807) is 13.8 Å². The number of unbranched alkanes of at least 4 members (excludes halogenated alkanes) is 1. The Morgan fingerprint density at radius 1 is 0.710 bits per heavy atom. The monoisotopic (exact) mass is 884 g/mol. The van der Waals surface area contributed by atoms with Crippen molar-refractivity contribution in [2.75, 3.05) is 32.8 Å². The number of carbonyl (C=O) groups excluding carboxylic acids is 10. The lowest BCUT2D eigenvalue weighted by atomic mass is 9.97. The molecule has 1 saturated heterocycles. The average Bonchev–Trinajstić information content (AvgIpc) is 3.72. The normalized spacial score (nSPS) is 16.7. The Hall–Kier alpha value is -5.95. The van der Waals surface area contributed by atoms with Crippen molar-refractivity contribution >= 4 is 65.0 Å². The molecule has 62 heavy (non-hydrogen) atoms. The number of carboxylic acids is 1. The molecule has 1 rings (SSSR count). The van der Waals surface area contributed by atoms with Gasteiger partial charge in [-0.2, -0.15) is 0 Å². The highest BCUT2D eigenvalue weighted by molar-refractivity contribution is 5.97. The summed E-state index contributed by atoms with van der Waals surface area (Å²) < 4.78 is 0. The van der Waals surface area contributed by atoms with E-state index in [1.807, 2.05) is 0 Å². The topological polar surface area (TPSA) is 420 Å². The number of nitrogens with two attached hydrogens (primary N) is 4.